The molecule has 1 aliphatic heterocycles. The van der Waals surface area contributed by atoms with E-state index in [2.05, 4.69) is 20.9 Å². The van der Waals surface area contributed by atoms with Gasteiger partial charge in [0.05, 0.1) is 34.6 Å². The van der Waals surface area contributed by atoms with E-state index in [-0.39, 0.29) is 17.9 Å². The first-order chi connectivity index (χ1) is 20.5. The number of rotatable bonds is 11. The van der Waals surface area contributed by atoms with Gasteiger partial charge < -0.3 is 20.9 Å². The molecule has 4 rings (SSSR count). The summed E-state index contributed by atoms with van der Waals surface area (Å²) in [6, 6.07) is 8.12. The fourth-order valence-corrected chi connectivity index (χ4v) is 5.17. The highest BCUT2D eigenvalue weighted by atomic mass is 32.3. The summed E-state index contributed by atoms with van der Waals surface area (Å²) in [5.74, 6) is -1.86. The number of likely N-dealkylation sites (tertiary alicyclic amines) is 1. The molecule has 0 spiro atoms. The van der Waals surface area contributed by atoms with E-state index in [0.29, 0.717) is 37.2 Å². The second kappa shape index (κ2) is 13.8. The van der Waals surface area contributed by atoms with Crippen molar-refractivity contribution < 1.29 is 31.1 Å². The molecule has 3 amide bonds. The predicted molar refractivity (Wildman–Crippen MR) is 152 cm³/mol. The lowest BCUT2D eigenvalue weighted by atomic mass is 10.1. The minimum Gasteiger partial charge on any atom is -0.349 e. The molecule has 43 heavy (non-hydrogen) atoms. The zero-order valence-electron chi connectivity index (χ0n) is 23.6. The Kier molecular flexibility index (Phi) is 10.1. The predicted octanol–water partition coefficient (Wildman–Crippen LogP) is 2.05. The Balaban J connectivity index is 1.50. The van der Waals surface area contributed by atoms with Gasteiger partial charge in [-0.2, -0.15) is 8.42 Å². The standard InChI is InChI=1S/C29H32F2N6O5S/c1-18(32-2)27(38)36-25(17-34-28(39)20-7-11-23(12-8-20)43(31,41)42)29(40)37-13-3-4-26(37)24-16-33-15-22(35-24)14-19-5-9-21(30)10-6-19/h5-12,15-16,18,25-26,32H,3-4,13-14,17H2,1-2H3,(H,34,39)(H,36,38)/t18-,25-,26+/m0/s1. The van der Waals surface area contributed by atoms with Crippen LogP contribution in [0.25, 0.3) is 0 Å². The number of hydrogen-bond donors (Lipinski definition) is 3. The minimum atomic E-state index is -4.92. The molecule has 14 heteroatoms. The van der Waals surface area contributed by atoms with Gasteiger partial charge in [-0.05, 0) is 68.8 Å². The van der Waals surface area contributed by atoms with E-state index >= 15 is 0 Å². The molecule has 1 saturated heterocycles. The second-order valence-corrected chi connectivity index (χ2v) is 11.5. The first-order valence-electron chi connectivity index (χ1n) is 13.6. The van der Waals surface area contributed by atoms with E-state index in [9.17, 15) is 31.1 Å². The maximum absolute atomic E-state index is 13.8. The van der Waals surface area contributed by atoms with Crippen LogP contribution < -0.4 is 16.0 Å². The van der Waals surface area contributed by atoms with Crippen LogP contribution in [0.4, 0.5) is 8.28 Å². The number of nitrogens with zero attached hydrogens (tertiary/aromatic N) is 3. The van der Waals surface area contributed by atoms with Crippen LogP contribution >= 0.6 is 0 Å². The molecule has 11 nitrogen and oxygen atoms in total. The Labute approximate surface area is 248 Å². The average molecular weight is 615 g/mol. The quantitative estimate of drug-likeness (QED) is 0.278. The number of halogens is 2. The highest BCUT2D eigenvalue weighted by molar-refractivity contribution is 7.86. The molecule has 228 valence electrons. The van der Waals surface area contributed by atoms with Gasteiger partial charge in [-0.15, -0.1) is 3.89 Å². The van der Waals surface area contributed by atoms with Gasteiger partial charge in [0.2, 0.25) is 11.8 Å². The third kappa shape index (κ3) is 8.17. The zero-order chi connectivity index (χ0) is 31.1. The molecule has 2 heterocycles. The maximum Gasteiger partial charge on any atom is 0.332 e. The lowest BCUT2D eigenvalue weighted by Gasteiger charge is -2.30. The van der Waals surface area contributed by atoms with Crippen LogP contribution in [0.3, 0.4) is 0 Å². The smallest absolute Gasteiger partial charge is 0.332 e. The van der Waals surface area contributed by atoms with Gasteiger partial charge in [0, 0.05) is 31.3 Å². The van der Waals surface area contributed by atoms with Gasteiger partial charge in [-0.1, -0.05) is 12.1 Å². The van der Waals surface area contributed by atoms with Gasteiger partial charge in [0.15, 0.2) is 0 Å². The van der Waals surface area contributed by atoms with Crippen LogP contribution in [0.15, 0.2) is 65.8 Å². The second-order valence-electron chi connectivity index (χ2n) is 10.2. The fraction of sp³-hybridized carbons (Fsp3) is 0.345. The maximum atomic E-state index is 13.8. The molecule has 3 atom stereocenters. The summed E-state index contributed by atoms with van der Waals surface area (Å²) in [4.78, 5) is 49.4. The number of amides is 3. The van der Waals surface area contributed by atoms with E-state index in [1.807, 2.05) is 0 Å². The normalized spacial score (nSPS) is 16.4. The van der Waals surface area contributed by atoms with Crippen molar-refractivity contribution in [3.05, 3.63) is 89.3 Å². The van der Waals surface area contributed by atoms with E-state index in [1.54, 1.807) is 43.4 Å². The number of carbonyl (C=O) groups excluding carboxylic acids is 3. The summed E-state index contributed by atoms with van der Waals surface area (Å²) in [6.07, 6.45) is 4.92. The SMILES string of the molecule is CN[C@@H](C)C(=O)N[C@@H](CNC(=O)c1ccc(S(=O)(=O)F)cc1)C(=O)N1CCC[C@@H]1c1cncc(Cc2ccc(F)cc2)n1. The number of hydrogen-bond acceptors (Lipinski definition) is 8. The number of aromatic nitrogens is 2. The number of benzene rings is 2. The topological polar surface area (TPSA) is 150 Å². The summed E-state index contributed by atoms with van der Waals surface area (Å²) in [5.41, 5.74) is 2.12. The molecule has 0 aliphatic carbocycles. The molecule has 1 aromatic heterocycles. The highest BCUT2D eigenvalue weighted by Gasteiger charge is 2.36. The first-order valence-corrected chi connectivity index (χ1v) is 15.0. The minimum absolute atomic E-state index is 0.0424. The Morgan fingerprint density at radius 3 is 2.42 bits per heavy atom. The third-order valence-electron chi connectivity index (χ3n) is 7.18. The summed E-state index contributed by atoms with van der Waals surface area (Å²) in [5, 5.41) is 8.10. The van der Waals surface area contributed by atoms with E-state index < -0.39 is 51.0 Å². The molecule has 1 fully saturated rings. The van der Waals surface area contributed by atoms with E-state index in [1.165, 1.54) is 12.1 Å². The number of likely N-dealkylation sites (N-methyl/N-ethyl adjacent to an activating group) is 1. The van der Waals surface area contributed by atoms with Crippen molar-refractivity contribution >= 4 is 27.9 Å². The summed E-state index contributed by atoms with van der Waals surface area (Å²) in [7, 11) is -3.33. The van der Waals surface area contributed by atoms with Crippen molar-refractivity contribution in [1.29, 1.82) is 0 Å². The van der Waals surface area contributed by atoms with Crippen LogP contribution in [0, 0.1) is 5.82 Å². The fourth-order valence-electron chi connectivity index (χ4n) is 4.71. The molecule has 0 unspecified atom stereocenters. The van der Waals surface area contributed by atoms with Gasteiger partial charge in [0.1, 0.15) is 11.9 Å². The molecule has 3 N–H and O–H groups in total. The van der Waals surface area contributed by atoms with E-state index in [4.69, 9.17) is 4.98 Å². The lowest BCUT2D eigenvalue weighted by molar-refractivity contribution is -0.137. The number of carbonyl (C=O) groups is 3. The van der Waals surface area contributed by atoms with Gasteiger partial charge in [0.25, 0.3) is 5.91 Å². The molecule has 2 aromatic carbocycles. The van der Waals surface area contributed by atoms with Crippen LogP contribution in [-0.4, -0.2) is 73.2 Å². The Hall–Kier alpha value is -4.30. The van der Waals surface area contributed by atoms with Crippen molar-refractivity contribution in [2.24, 2.45) is 0 Å². The van der Waals surface area contributed by atoms with Gasteiger partial charge in [-0.3, -0.25) is 24.4 Å². The Morgan fingerprint density at radius 1 is 1.07 bits per heavy atom. The van der Waals surface area contributed by atoms with Crippen molar-refractivity contribution in [1.82, 2.24) is 30.8 Å². The van der Waals surface area contributed by atoms with Crippen LogP contribution in [0.5, 0.6) is 0 Å². The van der Waals surface area contributed by atoms with Crippen molar-refractivity contribution in [2.75, 3.05) is 20.1 Å². The first kappa shape index (κ1) is 31.6. The van der Waals surface area contributed by atoms with Crippen LogP contribution in [-0.2, 0) is 26.2 Å². The van der Waals surface area contributed by atoms with Gasteiger partial charge in [-0.25, -0.2) is 4.39 Å². The third-order valence-corrected chi connectivity index (χ3v) is 8.02. The van der Waals surface area contributed by atoms with Crippen molar-refractivity contribution in [3.63, 3.8) is 0 Å². The average Bonchev–Trinajstić information content (AvgIpc) is 3.49. The van der Waals surface area contributed by atoms with E-state index in [0.717, 1.165) is 29.8 Å². The summed E-state index contributed by atoms with van der Waals surface area (Å²) >= 11 is 0. The molecule has 1 aliphatic rings. The van der Waals surface area contributed by atoms with Crippen molar-refractivity contribution in [3.8, 4) is 0 Å². The molecule has 3 aromatic rings. The molecule has 0 bridgehead atoms. The highest BCUT2D eigenvalue weighted by Crippen LogP contribution is 2.31. The number of nitrogens with one attached hydrogen (secondary N) is 3. The molecular weight excluding hydrogens is 582 g/mol. The van der Waals surface area contributed by atoms with Gasteiger partial charge >= 0.3 is 10.2 Å². The Bertz CT molecular complexity index is 1570. The summed E-state index contributed by atoms with van der Waals surface area (Å²) in [6.45, 7) is 1.76. The molecular formula is C29H32F2N6O5S. The summed E-state index contributed by atoms with van der Waals surface area (Å²) < 4.78 is 48.7. The largest absolute Gasteiger partial charge is 0.349 e. The molecule has 0 saturated carbocycles. The monoisotopic (exact) mass is 614 g/mol. The van der Waals surface area contributed by atoms with Crippen LogP contribution in [0.2, 0.25) is 0 Å². The Morgan fingerprint density at radius 2 is 1.77 bits per heavy atom. The molecule has 0 radical (unpaired) electrons. The lowest BCUT2D eigenvalue weighted by Crippen LogP contribution is -2.56. The zero-order valence-corrected chi connectivity index (χ0v) is 24.4. The van der Waals surface area contributed by atoms with Crippen LogP contribution in [0.1, 0.15) is 53.1 Å². The van der Waals surface area contributed by atoms with Crippen molar-refractivity contribution in [2.45, 2.75) is 49.2 Å².